The highest BCUT2D eigenvalue weighted by Crippen LogP contribution is 2.28. The van der Waals surface area contributed by atoms with Gasteiger partial charge in [0, 0.05) is 37.0 Å². The summed E-state index contributed by atoms with van der Waals surface area (Å²) in [6, 6.07) is 7.79. The summed E-state index contributed by atoms with van der Waals surface area (Å²) >= 11 is 6.27. The van der Waals surface area contributed by atoms with Crippen molar-refractivity contribution < 1.29 is 9.53 Å². The molecule has 0 atom stereocenters. The van der Waals surface area contributed by atoms with Crippen LogP contribution in [0.5, 0.6) is 0 Å². The van der Waals surface area contributed by atoms with Gasteiger partial charge >= 0.3 is 0 Å². The Morgan fingerprint density at radius 3 is 2.88 bits per heavy atom. The lowest BCUT2D eigenvalue weighted by Gasteiger charge is -2.31. The highest BCUT2D eigenvalue weighted by molar-refractivity contribution is 6.31. The van der Waals surface area contributed by atoms with Crippen LogP contribution in [0.3, 0.4) is 0 Å². The molecule has 1 aliphatic carbocycles. The molecule has 0 spiro atoms. The molecule has 0 saturated heterocycles. The summed E-state index contributed by atoms with van der Waals surface area (Å²) in [7, 11) is 1.66. The molecule has 1 heterocycles. The summed E-state index contributed by atoms with van der Waals surface area (Å²) in [6.07, 6.45) is 6.85. The summed E-state index contributed by atoms with van der Waals surface area (Å²) in [6.45, 7) is 2.26. The molecule has 1 aromatic carbocycles. The van der Waals surface area contributed by atoms with Crippen LogP contribution in [0.25, 0.3) is 0 Å². The molecule has 0 aliphatic heterocycles. The first-order chi connectivity index (χ1) is 12.2. The van der Waals surface area contributed by atoms with E-state index in [1.165, 1.54) is 0 Å². The zero-order valence-electron chi connectivity index (χ0n) is 14.5. The highest BCUT2D eigenvalue weighted by Gasteiger charge is 2.29. The minimum atomic E-state index is 0.170. The Kier molecular flexibility index (Phi) is 6.10. The van der Waals surface area contributed by atoms with Gasteiger partial charge in [0.2, 0.25) is 5.91 Å². The summed E-state index contributed by atoms with van der Waals surface area (Å²) in [5.41, 5.74) is 1.04. The lowest BCUT2D eigenvalue weighted by molar-refractivity contribution is -0.139. The predicted octanol–water partition coefficient (Wildman–Crippen LogP) is 3.36. The van der Waals surface area contributed by atoms with Crippen LogP contribution in [-0.4, -0.2) is 40.6 Å². The van der Waals surface area contributed by atoms with E-state index in [2.05, 4.69) is 9.55 Å². The van der Waals surface area contributed by atoms with Crippen molar-refractivity contribution in [2.75, 3.05) is 20.3 Å². The maximum Gasteiger partial charge on any atom is 0.226 e. The molecule has 25 heavy (non-hydrogen) atoms. The van der Waals surface area contributed by atoms with Gasteiger partial charge in [-0.3, -0.25) is 4.79 Å². The van der Waals surface area contributed by atoms with Crippen LogP contribution >= 0.6 is 11.6 Å². The molecule has 3 rings (SSSR count). The second kappa shape index (κ2) is 8.50. The van der Waals surface area contributed by atoms with Crippen molar-refractivity contribution in [3.63, 3.8) is 0 Å². The number of aromatic nitrogens is 2. The fraction of sp³-hybridized carbons (Fsp3) is 0.474. The maximum atomic E-state index is 12.7. The van der Waals surface area contributed by atoms with E-state index in [1.54, 1.807) is 13.3 Å². The number of rotatable bonds is 8. The molecule has 134 valence electrons. The van der Waals surface area contributed by atoms with Crippen molar-refractivity contribution in [2.24, 2.45) is 5.92 Å². The molecule has 0 unspecified atom stereocenters. The minimum Gasteiger partial charge on any atom is -0.383 e. The summed E-state index contributed by atoms with van der Waals surface area (Å²) in [4.78, 5) is 19.0. The van der Waals surface area contributed by atoms with Crippen molar-refractivity contribution in [3.05, 3.63) is 53.1 Å². The quantitative estimate of drug-likeness (QED) is 0.724. The molecule has 6 heteroatoms. The molecule has 1 saturated carbocycles. The number of carbonyl (C=O) groups excluding carboxylic acids is 1. The number of nitrogens with zero attached hydrogens (tertiary/aromatic N) is 3. The van der Waals surface area contributed by atoms with E-state index in [0.29, 0.717) is 26.2 Å². The van der Waals surface area contributed by atoms with Crippen molar-refractivity contribution in [2.45, 2.75) is 32.4 Å². The van der Waals surface area contributed by atoms with Gasteiger partial charge < -0.3 is 14.2 Å². The molecule has 2 aromatic rings. The molecule has 0 radical (unpaired) electrons. The monoisotopic (exact) mass is 361 g/mol. The van der Waals surface area contributed by atoms with E-state index in [1.807, 2.05) is 35.4 Å². The van der Waals surface area contributed by atoms with Gasteiger partial charge in [-0.25, -0.2) is 4.98 Å². The molecular formula is C19H24ClN3O2. The highest BCUT2D eigenvalue weighted by atomic mass is 35.5. The lowest BCUT2D eigenvalue weighted by Crippen LogP contribution is -2.40. The maximum absolute atomic E-state index is 12.7. The summed E-state index contributed by atoms with van der Waals surface area (Å²) in [5.74, 6) is 1.25. The standard InChI is InChI=1S/C19H24ClN3O2/c1-25-12-11-23(19(24)15-6-4-7-15)14-18-21-9-10-22(18)13-16-5-2-3-8-17(16)20/h2-3,5,8-10,15H,4,6-7,11-14H2,1H3. The van der Waals surface area contributed by atoms with Gasteiger partial charge in [-0.2, -0.15) is 0 Å². The van der Waals surface area contributed by atoms with E-state index in [4.69, 9.17) is 16.3 Å². The van der Waals surface area contributed by atoms with Crippen LogP contribution in [0.1, 0.15) is 30.7 Å². The van der Waals surface area contributed by atoms with Gasteiger partial charge in [0.15, 0.2) is 0 Å². The number of ether oxygens (including phenoxy) is 1. The number of hydrogen-bond acceptors (Lipinski definition) is 3. The van der Waals surface area contributed by atoms with Crippen molar-refractivity contribution in [3.8, 4) is 0 Å². The third kappa shape index (κ3) is 4.41. The summed E-state index contributed by atoms with van der Waals surface area (Å²) in [5, 5.41) is 0.740. The molecule has 1 fully saturated rings. The minimum absolute atomic E-state index is 0.170. The topological polar surface area (TPSA) is 47.4 Å². The summed E-state index contributed by atoms with van der Waals surface area (Å²) < 4.78 is 7.23. The molecule has 5 nitrogen and oxygen atoms in total. The zero-order chi connectivity index (χ0) is 17.6. The Labute approximate surface area is 153 Å². The number of hydrogen-bond donors (Lipinski definition) is 0. The Morgan fingerprint density at radius 2 is 2.20 bits per heavy atom. The number of methoxy groups -OCH3 is 1. The number of imidazole rings is 1. The van der Waals surface area contributed by atoms with E-state index in [9.17, 15) is 4.79 Å². The Bertz CT molecular complexity index is 712. The molecule has 1 amide bonds. The van der Waals surface area contributed by atoms with Gasteiger partial charge in [-0.1, -0.05) is 36.2 Å². The fourth-order valence-corrected chi connectivity index (χ4v) is 3.19. The Balaban J connectivity index is 1.72. The van der Waals surface area contributed by atoms with Crippen LogP contribution in [0.2, 0.25) is 5.02 Å². The molecule has 0 N–H and O–H groups in total. The molecule has 0 bridgehead atoms. The average molecular weight is 362 g/mol. The van der Waals surface area contributed by atoms with E-state index in [-0.39, 0.29) is 11.8 Å². The molecule has 1 aliphatic rings. The van der Waals surface area contributed by atoms with E-state index >= 15 is 0 Å². The first-order valence-electron chi connectivity index (χ1n) is 8.70. The van der Waals surface area contributed by atoms with Gasteiger partial charge in [0.25, 0.3) is 0 Å². The molecule has 1 aromatic heterocycles. The number of benzene rings is 1. The fourth-order valence-electron chi connectivity index (χ4n) is 3.00. The first-order valence-corrected chi connectivity index (χ1v) is 9.08. The van der Waals surface area contributed by atoms with Gasteiger partial charge in [-0.15, -0.1) is 0 Å². The second-order valence-corrected chi connectivity index (χ2v) is 6.85. The third-order valence-electron chi connectivity index (χ3n) is 4.76. The van der Waals surface area contributed by atoms with Crippen LogP contribution < -0.4 is 0 Å². The van der Waals surface area contributed by atoms with E-state index < -0.39 is 0 Å². The number of halogens is 1. The van der Waals surface area contributed by atoms with Gasteiger partial charge in [-0.05, 0) is 24.5 Å². The van der Waals surface area contributed by atoms with Gasteiger partial charge in [0.1, 0.15) is 5.82 Å². The lowest BCUT2D eigenvalue weighted by atomic mass is 9.84. The van der Waals surface area contributed by atoms with Crippen LogP contribution in [0.4, 0.5) is 0 Å². The van der Waals surface area contributed by atoms with Crippen LogP contribution in [0.15, 0.2) is 36.7 Å². The smallest absolute Gasteiger partial charge is 0.226 e. The zero-order valence-corrected chi connectivity index (χ0v) is 15.3. The molecular weight excluding hydrogens is 338 g/mol. The normalized spacial score (nSPS) is 14.3. The van der Waals surface area contributed by atoms with Crippen molar-refractivity contribution >= 4 is 17.5 Å². The van der Waals surface area contributed by atoms with Crippen molar-refractivity contribution in [1.82, 2.24) is 14.5 Å². The van der Waals surface area contributed by atoms with Crippen LogP contribution in [-0.2, 0) is 22.6 Å². The first kappa shape index (κ1) is 18.0. The van der Waals surface area contributed by atoms with Crippen molar-refractivity contribution in [1.29, 1.82) is 0 Å². The van der Waals surface area contributed by atoms with Crippen LogP contribution in [0, 0.1) is 5.92 Å². The number of carbonyl (C=O) groups is 1. The Morgan fingerprint density at radius 1 is 1.40 bits per heavy atom. The Hall–Kier alpha value is -1.85. The van der Waals surface area contributed by atoms with Gasteiger partial charge in [0.05, 0.1) is 19.7 Å². The largest absolute Gasteiger partial charge is 0.383 e. The average Bonchev–Trinajstić information content (AvgIpc) is 2.98. The SMILES string of the molecule is COCCN(Cc1nccn1Cc1ccccc1Cl)C(=O)C1CCC1. The van der Waals surface area contributed by atoms with E-state index in [0.717, 1.165) is 35.7 Å². The number of amides is 1. The second-order valence-electron chi connectivity index (χ2n) is 6.44. The predicted molar refractivity (Wildman–Crippen MR) is 97.4 cm³/mol. The third-order valence-corrected chi connectivity index (χ3v) is 5.13.